The van der Waals surface area contributed by atoms with Gasteiger partial charge in [0.05, 0.1) is 5.56 Å². The van der Waals surface area contributed by atoms with Crippen LogP contribution in [-0.2, 0) is 0 Å². The molecule has 0 spiro atoms. The number of anilines is 1. The fourth-order valence-corrected chi connectivity index (χ4v) is 2.03. The fraction of sp³-hybridized carbons (Fsp3) is 0.167. The van der Waals surface area contributed by atoms with Gasteiger partial charge in [-0.2, -0.15) is 0 Å². The van der Waals surface area contributed by atoms with Crippen LogP contribution < -0.4 is 4.90 Å². The molecule has 0 heterocycles. The van der Waals surface area contributed by atoms with Crippen molar-refractivity contribution >= 4 is 11.6 Å². The Hall–Kier alpha value is -2.57. The molecule has 3 nitrogen and oxygen atoms in total. The molecule has 0 aliphatic carbocycles. The number of carbonyl (C=O) groups excluding carboxylic acids is 1. The van der Waals surface area contributed by atoms with Crippen LogP contribution in [-0.4, -0.2) is 24.7 Å². The molecule has 0 saturated carbocycles. The zero-order chi connectivity index (χ0) is 15.2. The third kappa shape index (κ3) is 3.50. The van der Waals surface area contributed by atoms with Crippen molar-refractivity contribution in [1.29, 1.82) is 0 Å². The number of carbonyl (C=O) groups is 1. The third-order valence-corrected chi connectivity index (χ3v) is 3.16. The molecule has 1 amide bonds. The van der Waals surface area contributed by atoms with Gasteiger partial charge in [-0.05, 0) is 31.2 Å². The largest absolute Gasteiger partial charge is 0.384 e. The first-order valence-electron chi connectivity index (χ1n) is 6.67. The molecule has 0 unspecified atom stereocenters. The normalized spacial score (nSPS) is 9.67. The third-order valence-electron chi connectivity index (χ3n) is 3.16. The molecule has 106 valence electrons. The van der Waals surface area contributed by atoms with E-state index >= 15 is 0 Å². The lowest BCUT2D eigenvalue weighted by Gasteiger charge is -2.18. The molecule has 2 aromatic rings. The summed E-state index contributed by atoms with van der Waals surface area (Å²) < 4.78 is 0. The molecule has 2 rings (SSSR count). The highest BCUT2D eigenvalue weighted by atomic mass is 16.2. The number of hydrogen-bond donors (Lipinski definition) is 1. The number of aryl methyl sites for hydroxylation is 1. The molecule has 1 N–H and O–H groups in total. The van der Waals surface area contributed by atoms with E-state index in [0.29, 0.717) is 11.1 Å². The standard InChI is InChI=1S/C18H17NO2/c1-14-10-11-15(7-6-12-20)17(13-14)18(21)19(2)16-8-4-3-5-9-16/h3-5,8-11,13,20H,12H2,1-2H3. The van der Waals surface area contributed by atoms with Crippen LogP contribution >= 0.6 is 0 Å². The molecule has 21 heavy (non-hydrogen) atoms. The van der Waals surface area contributed by atoms with Crippen molar-refractivity contribution in [3.05, 3.63) is 65.2 Å². The Balaban J connectivity index is 2.40. The van der Waals surface area contributed by atoms with E-state index in [0.717, 1.165) is 11.3 Å². The molecule has 2 aromatic carbocycles. The van der Waals surface area contributed by atoms with Crippen LogP contribution in [0.2, 0.25) is 0 Å². The predicted molar refractivity (Wildman–Crippen MR) is 84.3 cm³/mol. The van der Waals surface area contributed by atoms with Crippen molar-refractivity contribution in [2.75, 3.05) is 18.6 Å². The predicted octanol–water partition coefficient (Wildman–Crippen LogP) is 2.62. The molecule has 0 aliphatic heterocycles. The maximum atomic E-state index is 12.7. The topological polar surface area (TPSA) is 40.5 Å². The van der Waals surface area contributed by atoms with Gasteiger partial charge in [0.25, 0.3) is 5.91 Å². The van der Waals surface area contributed by atoms with Gasteiger partial charge in [-0.3, -0.25) is 4.79 Å². The molecular weight excluding hydrogens is 262 g/mol. The van der Waals surface area contributed by atoms with Crippen LogP contribution in [0.25, 0.3) is 0 Å². The van der Waals surface area contributed by atoms with E-state index in [9.17, 15) is 4.79 Å². The zero-order valence-electron chi connectivity index (χ0n) is 12.1. The van der Waals surface area contributed by atoms with Gasteiger partial charge in [-0.1, -0.05) is 41.7 Å². The monoisotopic (exact) mass is 279 g/mol. The highest BCUT2D eigenvalue weighted by Crippen LogP contribution is 2.18. The minimum Gasteiger partial charge on any atom is -0.384 e. The number of aliphatic hydroxyl groups excluding tert-OH is 1. The van der Waals surface area contributed by atoms with Crippen molar-refractivity contribution < 1.29 is 9.90 Å². The Bertz CT molecular complexity index is 696. The summed E-state index contributed by atoms with van der Waals surface area (Å²) in [5.41, 5.74) is 2.99. The first-order chi connectivity index (χ1) is 10.1. The van der Waals surface area contributed by atoms with Crippen LogP contribution in [0.1, 0.15) is 21.5 Å². The summed E-state index contributed by atoms with van der Waals surface area (Å²) in [5.74, 6) is 5.30. The Labute approximate surface area is 124 Å². The molecule has 0 atom stereocenters. The molecule has 0 radical (unpaired) electrons. The molecule has 0 bridgehead atoms. The molecular formula is C18H17NO2. The second kappa shape index (κ2) is 6.74. The minimum atomic E-state index is -0.226. The summed E-state index contributed by atoms with van der Waals surface area (Å²) in [7, 11) is 1.74. The van der Waals surface area contributed by atoms with Crippen LogP contribution in [0.4, 0.5) is 5.69 Å². The molecule has 0 aromatic heterocycles. The van der Waals surface area contributed by atoms with Crippen molar-refractivity contribution in [2.24, 2.45) is 0 Å². The Kier molecular flexibility index (Phi) is 4.76. The van der Waals surface area contributed by atoms with Crippen LogP contribution in [0.5, 0.6) is 0 Å². The lowest BCUT2D eigenvalue weighted by Crippen LogP contribution is -2.27. The van der Waals surface area contributed by atoms with Gasteiger partial charge in [0.15, 0.2) is 0 Å². The number of aliphatic hydroxyl groups is 1. The first-order valence-corrected chi connectivity index (χ1v) is 6.67. The summed E-state index contributed by atoms with van der Waals surface area (Å²) in [6.07, 6.45) is 0. The average Bonchev–Trinajstić information content (AvgIpc) is 2.53. The minimum absolute atomic E-state index is 0.118. The van der Waals surface area contributed by atoms with Gasteiger partial charge >= 0.3 is 0 Å². The SMILES string of the molecule is Cc1ccc(C#CCO)c(C(=O)N(C)c2ccccc2)c1. The molecule has 0 aliphatic rings. The maximum absolute atomic E-state index is 12.7. The number of para-hydroxylation sites is 1. The van der Waals surface area contributed by atoms with Crippen molar-refractivity contribution in [3.8, 4) is 11.8 Å². The van der Waals surface area contributed by atoms with Crippen LogP contribution in [0.15, 0.2) is 48.5 Å². The summed E-state index contributed by atoms with van der Waals surface area (Å²) in [5, 5.41) is 8.83. The van der Waals surface area contributed by atoms with Crippen LogP contribution in [0, 0.1) is 18.8 Å². The van der Waals surface area contributed by atoms with Crippen molar-refractivity contribution in [1.82, 2.24) is 0 Å². The fourth-order valence-electron chi connectivity index (χ4n) is 2.03. The van der Waals surface area contributed by atoms with Crippen molar-refractivity contribution in [2.45, 2.75) is 6.92 Å². The number of benzene rings is 2. The van der Waals surface area contributed by atoms with Gasteiger partial charge < -0.3 is 10.0 Å². The van der Waals surface area contributed by atoms with Gasteiger partial charge in [-0.15, -0.1) is 0 Å². The Morgan fingerprint density at radius 3 is 2.57 bits per heavy atom. The first kappa shape index (κ1) is 14.8. The average molecular weight is 279 g/mol. The number of nitrogens with zero attached hydrogens (tertiary/aromatic N) is 1. The highest BCUT2D eigenvalue weighted by molar-refractivity contribution is 6.07. The number of rotatable bonds is 2. The van der Waals surface area contributed by atoms with Gasteiger partial charge in [0, 0.05) is 18.3 Å². The van der Waals surface area contributed by atoms with Gasteiger partial charge in [0.1, 0.15) is 6.61 Å². The van der Waals surface area contributed by atoms with Crippen LogP contribution in [0.3, 0.4) is 0 Å². The summed E-state index contributed by atoms with van der Waals surface area (Å²) in [6, 6.07) is 15.0. The summed E-state index contributed by atoms with van der Waals surface area (Å²) in [4.78, 5) is 14.3. The molecule has 0 fully saturated rings. The lowest BCUT2D eigenvalue weighted by molar-refractivity contribution is 0.0992. The van der Waals surface area contributed by atoms with Crippen molar-refractivity contribution in [3.63, 3.8) is 0 Å². The van der Waals surface area contributed by atoms with E-state index in [1.165, 1.54) is 0 Å². The zero-order valence-corrected chi connectivity index (χ0v) is 12.1. The Morgan fingerprint density at radius 2 is 1.90 bits per heavy atom. The summed E-state index contributed by atoms with van der Waals surface area (Å²) in [6.45, 7) is 1.71. The van der Waals surface area contributed by atoms with E-state index in [2.05, 4.69) is 11.8 Å². The van der Waals surface area contributed by atoms with Gasteiger partial charge in [0.2, 0.25) is 0 Å². The summed E-state index contributed by atoms with van der Waals surface area (Å²) >= 11 is 0. The van der Waals surface area contributed by atoms with Gasteiger partial charge in [-0.25, -0.2) is 0 Å². The quantitative estimate of drug-likeness (QED) is 0.858. The smallest absolute Gasteiger partial charge is 0.259 e. The van der Waals surface area contributed by atoms with E-state index < -0.39 is 0 Å². The highest BCUT2D eigenvalue weighted by Gasteiger charge is 2.16. The second-order valence-electron chi connectivity index (χ2n) is 4.71. The van der Waals surface area contributed by atoms with E-state index in [4.69, 9.17) is 5.11 Å². The second-order valence-corrected chi connectivity index (χ2v) is 4.71. The molecule has 3 heteroatoms. The number of amides is 1. The Morgan fingerprint density at radius 1 is 1.19 bits per heavy atom. The maximum Gasteiger partial charge on any atom is 0.259 e. The van der Waals surface area contributed by atoms with E-state index in [1.807, 2.05) is 55.5 Å². The number of hydrogen-bond acceptors (Lipinski definition) is 2. The van der Waals surface area contributed by atoms with E-state index in [-0.39, 0.29) is 12.5 Å². The van der Waals surface area contributed by atoms with E-state index in [1.54, 1.807) is 11.9 Å². The molecule has 0 saturated heterocycles. The lowest BCUT2D eigenvalue weighted by atomic mass is 10.0.